The Morgan fingerprint density at radius 3 is 2.04 bits per heavy atom. The number of hydrogen-bond donors (Lipinski definition) is 1. The largest absolute Gasteiger partial charge is 0.486 e. The molecule has 0 atom stereocenters. The molecule has 4 heteroatoms. The second-order valence-corrected chi connectivity index (χ2v) is 7.06. The fraction of sp³-hybridized carbons (Fsp3) is 0.208. The van der Waals surface area contributed by atoms with E-state index in [9.17, 15) is 4.79 Å². The minimum Gasteiger partial charge on any atom is -0.486 e. The molecule has 142 valence electrons. The lowest BCUT2D eigenvalue weighted by Crippen LogP contribution is -2.45. The van der Waals surface area contributed by atoms with Gasteiger partial charge >= 0.3 is 0 Å². The molecule has 0 radical (unpaired) electrons. The van der Waals surface area contributed by atoms with E-state index in [1.807, 2.05) is 85.8 Å². The molecule has 1 aliphatic rings. The van der Waals surface area contributed by atoms with Crippen LogP contribution in [0.4, 0.5) is 0 Å². The fourth-order valence-electron chi connectivity index (χ4n) is 3.56. The Hall–Kier alpha value is -3.27. The van der Waals surface area contributed by atoms with Gasteiger partial charge in [-0.2, -0.15) is 0 Å². The van der Waals surface area contributed by atoms with Gasteiger partial charge in [-0.05, 0) is 35.7 Å². The monoisotopic (exact) mass is 373 g/mol. The number of amides is 1. The first-order chi connectivity index (χ1) is 13.6. The Labute approximate surface area is 165 Å². The van der Waals surface area contributed by atoms with E-state index < -0.39 is 5.54 Å². The minimum absolute atomic E-state index is 0.0492. The van der Waals surface area contributed by atoms with E-state index in [2.05, 4.69) is 5.32 Å². The summed E-state index contributed by atoms with van der Waals surface area (Å²) in [5.41, 5.74) is 2.35. The van der Waals surface area contributed by atoms with Gasteiger partial charge in [0, 0.05) is 0 Å². The van der Waals surface area contributed by atoms with Crippen LogP contribution in [0, 0.1) is 0 Å². The van der Waals surface area contributed by atoms with E-state index in [-0.39, 0.29) is 12.3 Å². The van der Waals surface area contributed by atoms with E-state index >= 15 is 0 Å². The average molecular weight is 373 g/mol. The zero-order chi connectivity index (χ0) is 19.4. The second-order valence-electron chi connectivity index (χ2n) is 7.06. The fourth-order valence-corrected chi connectivity index (χ4v) is 3.56. The third-order valence-electron chi connectivity index (χ3n) is 5.06. The molecule has 3 aromatic rings. The number of carbonyl (C=O) groups excluding carboxylic acids is 1. The van der Waals surface area contributed by atoms with Crippen molar-refractivity contribution in [1.82, 2.24) is 5.32 Å². The summed E-state index contributed by atoms with van der Waals surface area (Å²) in [5, 5.41) is 3.24. The molecule has 1 aliphatic heterocycles. The molecule has 1 N–H and O–H groups in total. The van der Waals surface area contributed by atoms with Gasteiger partial charge in [0.1, 0.15) is 13.2 Å². The smallest absolute Gasteiger partial charge is 0.225 e. The van der Waals surface area contributed by atoms with E-state index in [4.69, 9.17) is 9.47 Å². The van der Waals surface area contributed by atoms with Gasteiger partial charge in [0.05, 0.1) is 12.0 Å². The summed E-state index contributed by atoms with van der Waals surface area (Å²) < 4.78 is 11.2. The molecule has 0 unspecified atom stereocenters. The van der Waals surface area contributed by atoms with Crippen LogP contribution >= 0.6 is 0 Å². The van der Waals surface area contributed by atoms with Crippen molar-refractivity contribution in [2.24, 2.45) is 0 Å². The number of fused-ring (bicyclic) bond motifs is 1. The molecule has 0 fully saturated rings. The molecule has 0 aliphatic carbocycles. The standard InChI is InChI=1S/C24H23NO3/c1-24(19-8-4-2-5-9-19,20-10-6-3-7-11-20)25-23(26)17-18-12-13-21-22(16-18)28-15-14-27-21/h2-13,16H,14-15,17H2,1H3,(H,25,26). The molecule has 28 heavy (non-hydrogen) atoms. The number of hydrogen-bond acceptors (Lipinski definition) is 3. The Kier molecular flexibility index (Phi) is 5.02. The van der Waals surface area contributed by atoms with Crippen molar-refractivity contribution in [3.05, 3.63) is 95.6 Å². The highest BCUT2D eigenvalue weighted by Crippen LogP contribution is 2.32. The van der Waals surface area contributed by atoms with Crippen LogP contribution in [0.25, 0.3) is 0 Å². The molecule has 0 spiro atoms. The molecule has 0 aromatic heterocycles. The van der Waals surface area contributed by atoms with Gasteiger partial charge in [-0.3, -0.25) is 4.79 Å². The van der Waals surface area contributed by atoms with Crippen LogP contribution in [0.5, 0.6) is 11.5 Å². The van der Waals surface area contributed by atoms with Crippen molar-refractivity contribution in [3.8, 4) is 11.5 Å². The molecule has 0 saturated heterocycles. The second kappa shape index (κ2) is 7.77. The maximum Gasteiger partial charge on any atom is 0.225 e. The van der Waals surface area contributed by atoms with Gasteiger partial charge in [0.2, 0.25) is 5.91 Å². The first-order valence-electron chi connectivity index (χ1n) is 9.46. The SMILES string of the molecule is CC(NC(=O)Cc1ccc2c(c1)OCCO2)(c1ccccc1)c1ccccc1. The molecule has 3 aromatic carbocycles. The predicted octanol–water partition coefficient (Wildman–Crippen LogP) is 4.08. The maximum absolute atomic E-state index is 13.0. The van der Waals surface area contributed by atoms with Gasteiger partial charge in [0.25, 0.3) is 0 Å². The van der Waals surface area contributed by atoms with Crippen LogP contribution in [0.3, 0.4) is 0 Å². The van der Waals surface area contributed by atoms with Crippen LogP contribution in [-0.2, 0) is 16.8 Å². The van der Waals surface area contributed by atoms with Crippen LogP contribution in [-0.4, -0.2) is 19.1 Å². The van der Waals surface area contributed by atoms with E-state index in [0.717, 1.165) is 22.4 Å². The summed E-state index contributed by atoms with van der Waals surface area (Å²) in [6, 6.07) is 25.7. The lowest BCUT2D eigenvalue weighted by molar-refractivity contribution is -0.121. The highest BCUT2D eigenvalue weighted by molar-refractivity contribution is 5.80. The number of benzene rings is 3. The number of ether oxygens (including phenoxy) is 2. The lowest BCUT2D eigenvalue weighted by atomic mass is 9.84. The summed E-state index contributed by atoms with van der Waals surface area (Å²) in [6.45, 7) is 3.13. The van der Waals surface area contributed by atoms with Crippen molar-refractivity contribution in [3.63, 3.8) is 0 Å². The lowest BCUT2D eigenvalue weighted by Gasteiger charge is -2.32. The quantitative estimate of drug-likeness (QED) is 0.733. The summed E-state index contributed by atoms with van der Waals surface area (Å²) >= 11 is 0. The van der Waals surface area contributed by atoms with Crippen molar-refractivity contribution in [1.29, 1.82) is 0 Å². The summed E-state index contributed by atoms with van der Waals surface area (Å²) in [4.78, 5) is 13.0. The third-order valence-corrected chi connectivity index (χ3v) is 5.06. The molecule has 0 bridgehead atoms. The Balaban J connectivity index is 1.58. The maximum atomic E-state index is 13.0. The molecular weight excluding hydrogens is 350 g/mol. The normalized spacial score (nSPS) is 13.0. The van der Waals surface area contributed by atoms with Crippen molar-refractivity contribution >= 4 is 5.91 Å². The highest BCUT2D eigenvalue weighted by atomic mass is 16.6. The van der Waals surface area contributed by atoms with E-state index in [1.54, 1.807) is 0 Å². The average Bonchev–Trinajstić information content (AvgIpc) is 2.75. The van der Waals surface area contributed by atoms with Gasteiger partial charge in [-0.15, -0.1) is 0 Å². The molecule has 0 saturated carbocycles. The van der Waals surface area contributed by atoms with Gasteiger partial charge in [-0.25, -0.2) is 0 Å². The highest BCUT2D eigenvalue weighted by Gasteiger charge is 2.30. The molecule has 4 nitrogen and oxygen atoms in total. The molecule has 1 amide bonds. The van der Waals surface area contributed by atoms with Crippen molar-refractivity contribution < 1.29 is 14.3 Å². The van der Waals surface area contributed by atoms with Gasteiger partial charge in [0.15, 0.2) is 11.5 Å². The van der Waals surface area contributed by atoms with Crippen LogP contribution < -0.4 is 14.8 Å². The molecule has 4 rings (SSSR count). The molecular formula is C24H23NO3. The Bertz CT molecular complexity index is 915. The van der Waals surface area contributed by atoms with Crippen LogP contribution in [0.15, 0.2) is 78.9 Å². The number of nitrogens with one attached hydrogen (secondary N) is 1. The third kappa shape index (κ3) is 3.72. The number of carbonyl (C=O) groups is 1. The number of rotatable bonds is 5. The zero-order valence-corrected chi connectivity index (χ0v) is 15.9. The molecule has 1 heterocycles. The Morgan fingerprint density at radius 1 is 0.857 bits per heavy atom. The van der Waals surface area contributed by atoms with E-state index in [0.29, 0.717) is 19.0 Å². The van der Waals surface area contributed by atoms with Gasteiger partial charge < -0.3 is 14.8 Å². The van der Waals surface area contributed by atoms with Crippen molar-refractivity contribution in [2.45, 2.75) is 18.9 Å². The van der Waals surface area contributed by atoms with Crippen molar-refractivity contribution in [2.75, 3.05) is 13.2 Å². The zero-order valence-electron chi connectivity index (χ0n) is 15.9. The predicted molar refractivity (Wildman–Crippen MR) is 109 cm³/mol. The minimum atomic E-state index is -0.618. The van der Waals surface area contributed by atoms with Crippen LogP contribution in [0.2, 0.25) is 0 Å². The summed E-state index contributed by atoms with van der Waals surface area (Å²) in [5.74, 6) is 1.38. The topological polar surface area (TPSA) is 47.6 Å². The van der Waals surface area contributed by atoms with Gasteiger partial charge in [-0.1, -0.05) is 66.7 Å². The summed E-state index contributed by atoms with van der Waals surface area (Å²) in [7, 11) is 0. The first-order valence-corrected chi connectivity index (χ1v) is 9.46. The summed E-state index contributed by atoms with van der Waals surface area (Å²) in [6.07, 6.45) is 0.270. The Morgan fingerprint density at radius 2 is 1.43 bits per heavy atom. The van der Waals surface area contributed by atoms with E-state index in [1.165, 1.54) is 0 Å². The van der Waals surface area contributed by atoms with Crippen LogP contribution in [0.1, 0.15) is 23.6 Å². The first kappa shape index (κ1) is 18.1.